The summed E-state index contributed by atoms with van der Waals surface area (Å²) in [5.41, 5.74) is 5.58. The molecule has 9 nitrogen and oxygen atoms in total. The van der Waals surface area contributed by atoms with E-state index in [2.05, 4.69) is 21.2 Å². The van der Waals surface area contributed by atoms with Gasteiger partial charge in [-0.25, -0.2) is 4.99 Å². The lowest BCUT2D eigenvalue weighted by atomic mass is 9.96. The van der Waals surface area contributed by atoms with E-state index in [1.54, 1.807) is 13.8 Å². The standard InChI is InChI=1S/C27H33N5O4/c1-4-27(17-34-15-20-11-7-5-8-12-20)23(35-16-21-13-9-6-10-14-21)22(33)24(36-27)31-19-32-26(2,3)25(29)30-18-28/h1,5-14,18-19,22-24,33H,15-17H2,2-3H3,(H,31,32)(H3,28,29,30)/t22?,23?,24?,27-/m1/s1. The van der Waals surface area contributed by atoms with E-state index in [0.717, 1.165) is 17.5 Å². The molecule has 36 heavy (non-hydrogen) atoms. The fourth-order valence-electron chi connectivity index (χ4n) is 3.66. The average molecular weight is 492 g/mol. The zero-order valence-electron chi connectivity index (χ0n) is 20.5. The van der Waals surface area contributed by atoms with Gasteiger partial charge in [0.15, 0.2) is 11.8 Å². The van der Waals surface area contributed by atoms with Crippen LogP contribution in [0.5, 0.6) is 0 Å². The lowest BCUT2D eigenvalue weighted by molar-refractivity contribution is -0.116. The first-order valence-corrected chi connectivity index (χ1v) is 11.5. The highest BCUT2D eigenvalue weighted by Crippen LogP contribution is 2.33. The Hall–Kier alpha value is -3.55. The first-order valence-electron chi connectivity index (χ1n) is 11.5. The van der Waals surface area contributed by atoms with Gasteiger partial charge in [-0.05, 0) is 25.0 Å². The average Bonchev–Trinajstić information content (AvgIpc) is 3.15. The van der Waals surface area contributed by atoms with Gasteiger partial charge in [0.25, 0.3) is 0 Å². The van der Waals surface area contributed by atoms with Crippen molar-refractivity contribution in [2.24, 2.45) is 15.7 Å². The van der Waals surface area contributed by atoms with Crippen molar-refractivity contribution in [1.29, 1.82) is 5.41 Å². The summed E-state index contributed by atoms with van der Waals surface area (Å²) in [4.78, 5) is 8.13. The van der Waals surface area contributed by atoms with Crippen LogP contribution in [-0.2, 0) is 27.4 Å². The molecule has 3 rings (SSSR count). The number of terminal acetylenes is 1. The second-order valence-electron chi connectivity index (χ2n) is 8.89. The van der Waals surface area contributed by atoms with Crippen molar-refractivity contribution in [2.45, 2.75) is 56.6 Å². The summed E-state index contributed by atoms with van der Waals surface area (Å²) in [6.07, 6.45) is 5.27. The molecule has 2 aromatic rings. The Morgan fingerprint density at radius 2 is 1.81 bits per heavy atom. The van der Waals surface area contributed by atoms with Gasteiger partial charge in [-0.3, -0.25) is 10.4 Å². The van der Waals surface area contributed by atoms with Gasteiger partial charge in [0.1, 0.15) is 29.9 Å². The Balaban J connectivity index is 1.75. The van der Waals surface area contributed by atoms with E-state index in [-0.39, 0.29) is 19.0 Å². The summed E-state index contributed by atoms with van der Waals surface area (Å²) < 4.78 is 18.2. The Bertz CT molecular complexity index is 1080. The molecule has 190 valence electrons. The molecular formula is C27H33N5O4. The number of nitrogens with two attached hydrogens (primary N) is 1. The number of hydrogen-bond donors (Lipinski definition) is 4. The zero-order valence-corrected chi connectivity index (χ0v) is 20.5. The largest absolute Gasteiger partial charge is 0.386 e. The van der Waals surface area contributed by atoms with Crippen molar-refractivity contribution in [3.05, 3.63) is 71.8 Å². The number of ether oxygens (including phenoxy) is 3. The Morgan fingerprint density at radius 1 is 1.19 bits per heavy atom. The van der Waals surface area contributed by atoms with Crippen LogP contribution < -0.4 is 11.1 Å². The van der Waals surface area contributed by atoms with Crippen LogP contribution in [-0.4, -0.2) is 59.8 Å². The maximum atomic E-state index is 11.1. The van der Waals surface area contributed by atoms with E-state index < -0.39 is 29.6 Å². The lowest BCUT2D eigenvalue weighted by Gasteiger charge is -2.29. The topological polar surface area (TPSA) is 135 Å². The van der Waals surface area contributed by atoms with Gasteiger partial charge in [-0.2, -0.15) is 0 Å². The van der Waals surface area contributed by atoms with Crippen LogP contribution in [0.2, 0.25) is 0 Å². The maximum absolute atomic E-state index is 11.1. The molecule has 5 N–H and O–H groups in total. The van der Waals surface area contributed by atoms with E-state index in [0.29, 0.717) is 6.61 Å². The van der Waals surface area contributed by atoms with Crippen molar-refractivity contribution in [2.75, 3.05) is 6.61 Å². The minimum absolute atomic E-state index is 0.00860. The fraction of sp³-hybridized carbons (Fsp3) is 0.370. The third-order valence-corrected chi connectivity index (χ3v) is 5.82. The molecule has 9 heteroatoms. The Labute approximate surface area is 211 Å². The molecule has 0 radical (unpaired) electrons. The van der Waals surface area contributed by atoms with Gasteiger partial charge in [-0.15, -0.1) is 6.42 Å². The quantitative estimate of drug-likeness (QED) is 0.204. The van der Waals surface area contributed by atoms with Crippen LogP contribution in [0.25, 0.3) is 0 Å². The van der Waals surface area contributed by atoms with E-state index in [4.69, 9.17) is 31.8 Å². The van der Waals surface area contributed by atoms with Gasteiger partial charge >= 0.3 is 0 Å². The third kappa shape index (κ3) is 6.77. The summed E-state index contributed by atoms with van der Waals surface area (Å²) in [6.45, 7) is 4.06. The van der Waals surface area contributed by atoms with Crippen molar-refractivity contribution in [3.8, 4) is 12.3 Å². The highest BCUT2D eigenvalue weighted by atomic mass is 16.6. The summed E-state index contributed by atoms with van der Waals surface area (Å²) in [7, 11) is 0. The van der Waals surface area contributed by atoms with Crippen LogP contribution in [0.1, 0.15) is 25.0 Å². The molecule has 0 aliphatic carbocycles. The second kappa shape index (κ2) is 12.4. The number of aliphatic imine (C=N–C) groups is 2. The molecule has 0 amide bonds. The molecule has 1 aliphatic rings. The number of aliphatic hydroxyl groups is 1. The first-order chi connectivity index (χ1) is 17.3. The molecule has 1 heterocycles. The van der Waals surface area contributed by atoms with E-state index in [1.165, 1.54) is 6.34 Å². The number of hydrogen-bond acceptors (Lipinski definition) is 6. The number of amidine groups is 1. The smallest absolute Gasteiger partial charge is 0.182 e. The number of aliphatic hydroxyl groups excluding tert-OH is 1. The van der Waals surface area contributed by atoms with Gasteiger partial charge in [0.05, 0.1) is 26.2 Å². The van der Waals surface area contributed by atoms with Gasteiger partial charge in [-0.1, -0.05) is 66.6 Å². The molecule has 4 atom stereocenters. The molecule has 0 saturated carbocycles. The molecule has 1 aliphatic heterocycles. The van der Waals surface area contributed by atoms with Crippen LogP contribution in [0, 0.1) is 17.8 Å². The van der Waals surface area contributed by atoms with E-state index in [1.807, 2.05) is 60.7 Å². The first kappa shape index (κ1) is 27.0. The summed E-state index contributed by atoms with van der Waals surface area (Å²) in [5.74, 6) is 2.84. The molecule has 0 aromatic heterocycles. The number of nitrogens with one attached hydrogen (secondary N) is 2. The molecule has 0 bridgehead atoms. The zero-order chi connectivity index (χ0) is 26.0. The SMILES string of the molecule is C#C[C@]1(COCc2ccccc2)OC(N/C=N\C(C)(C)/C(N)=N\C=N)C(O)C1OCc1ccccc1. The summed E-state index contributed by atoms with van der Waals surface area (Å²) in [6, 6.07) is 19.3. The molecule has 2 aromatic carbocycles. The monoisotopic (exact) mass is 491 g/mol. The predicted molar refractivity (Wildman–Crippen MR) is 140 cm³/mol. The van der Waals surface area contributed by atoms with Crippen molar-refractivity contribution < 1.29 is 19.3 Å². The Morgan fingerprint density at radius 3 is 2.39 bits per heavy atom. The number of benzene rings is 2. The summed E-state index contributed by atoms with van der Waals surface area (Å²) >= 11 is 0. The minimum Gasteiger partial charge on any atom is -0.386 e. The molecule has 1 saturated heterocycles. The number of rotatable bonds is 12. The highest BCUT2D eigenvalue weighted by molar-refractivity contribution is 5.94. The van der Waals surface area contributed by atoms with Crippen molar-refractivity contribution in [3.63, 3.8) is 0 Å². The maximum Gasteiger partial charge on any atom is 0.182 e. The minimum atomic E-state index is -1.34. The molecule has 1 fully saturated rings. The van der Waals surface area contributed by atoms with Crippen LogP contribution in [0.4, 0.5) is 0 Å². The normalized spacial score (nSPS) is 24.5. The lowest BCUT2D eigenvalue weighted by Crippen LogP contribution is -2.47. The van der Waals surface area contributed by atoms with Gasteiger partial charge in [0, 0.05) is 0 Å². The molecule has 3 unspecified atom stereocenters. The Kier molecular flexibility index (Phi) is 9.33. The number of nitrogens with zero attached hydrogens (tertiary/aromatic N) is 2. The van der Waals surface area contributed by atoms with Crippen molar-refractivity contribution >= 4 is 18.5 Å². The predicted octanol–water partition coefficient (Wildman–Crippen LogP) is 2.24. The third-order valence-electron chi connectivity index (χ3n) is 5.82. The highest BCUT2D eigenvalue weighted by Gasteiger charge is 2.55. The second-order valence-corrected chi connectivity index (χ2v) is 8.89. The van der Waals surface area contributed by atoms with E-state index >= 15 is 0 Å². The fourth-order valence-corrected chi connectivity index (χ4v) is 3.66. The van der Waals surface area contributed by atoms with Crippen LogP contribution in [0.3, 0.4) is 0 Å². The van der Waals surface area contributed by atoms with Crippen LogP contribution >= 0.6 is 0 Å². The summed E-state index contributed by atoms with van der Waals surface area (Å²) in [5, 5.41) is 21.2. The molecule has 0 spiro atoms. The van der Waals surface area contributed by atoms with E-state index in [9.17, 15) is 5.11 Å². The molecular weight excluding hydrogens is 458 g/mol. The van der Waals surface area contributed by atoms with Crippen molar-refractivity contribution in [1.82, 2.24) is 5.32 Å². The van der Waals surface area contributed by atoms with Gasteiger partial charge in [0.2, 0.25) is 0 Å². The van der Waals surface area contributed by atoms with Gasteiger partial charge < -0.3 is 30.4 Å². The van der Waals surface area contributed by atoms with Crippen LogP contribution in [0.15, 0.2) is 70.6 Å².